The van der Waals surface area contributed by atoms with Crippen molar-refractivity contribution in [2.45, 2.75) is 406 Å². The SMILES string of the molecule is CCCCCCCCC/C=C\CCCCCCCC(=O)OCC(COC(=O)CCCCCCCCCCCCCCC/C=C\CCCCCCCCCC)OC(=O)CCCCCCCCCCCCCCCCCCCCC. The van der Waals surface area contributed by atoms with E-state index < -0.39 is 6.10 Å². The number of ether oxygens (including phenoxy) is 3. The van der Waals surface area contributed by atoms with E-state index in [9.17, 15) is 14.4 Å². The number of unbranched alkanes of at least 4 members (excludes halogenated alkanes) is 51. The van der Waals surface area contributed by atoms with Crippen LogP contribution in [0.1, 0.15) is 400 Å². The van der Waals surface area contributed by atoms with Crippen molar-refractivity contribution in [3.63, 3.8) is 0 Å². The van der Waals surface area contributed by atoms with Gasteiger partial charge in [-0.3, -0.25) is 14.4 Å². The van der Waals surface area contributed by atoms with Gasteiger partial charge in [0.15, 0.2) is 6.10 Å². The van der Waals surface area contributed by atoms with Gasteiger partial charge in [0, 0.05) is 19.3 Å². The van der Waals surface area contributed by atoms with E-state index in [1.165, 1.54) is 295 Å². The van der Waals surface area contributed by atoms with Crippen LogP contribution in [0.4, 0.5) is 0 Å². The van der Waals surface area contributed by atoms with Crippen LogP contribution in [0.2, 0.25) is 0 Å². The number of rotatable bonds is 66. The molecule has 1 atom stereocenters. The highest BCUT2D eigenvalue weighted by molar-refractivity contribution is 5.71. The first-order chi connectivity index (χ1) is 38.5. The summed E-state index contributed by atoms with van der Waals surface area (Å²) in [7, 11) is 0. The molecule has 0 spiro atoms. The second-order valence-corrected chi connectivity index (χ2v) is 24.1. The fourth-order valence-electron chi connectivity index (χ4n) is 10.8. The fourth-order valence-corrected chi connectivity index (χ4v) is 10.8. The second kappa shape index (κ2) is 67.4. The van der Waals surface area contributed by atoms with E-state index in [2.05, 4.69) is 45.1 Å². The van der Waals surface area contributed by atoms with E-state index in [-0.39, 0.29) is 31.1 Å². The van der Waals surface area contributed by atoms with Gasteiger partial charge in [-0.25, -0.2) is 0 Å². The molecule has 0 N–H and O–H groups in total. The summed E-state index contributed by atoms with van der Waals surface area (Å²) in [6.45, 7) is 6.71. The lowest BCUT2D eigenvalue weighted by Crippen LogP contribution is -2.30. The van der Waals surface area contributed by atoms with Crippen LogP contribution in [-0.2, 0) is 28.6 Å². The van der Waals surface area contributed by atoms with Gasteiger partial charge in [0.2, 0.25) is 0 Å². The summed E-state index contributed by atoms with van der Waals surface area (Å²) in [5.41, 5.74) is 0. The molecule has 0 aromatic heterocycles. The molecule has 0 aliphatic heterocycles. The molecule has 0 saturated carbocycles. The quantitative estimate of drug-likeness (QED) is 0.0261. The summed E-state index contributed by atoms with van der Waals surface area (Å²) in [5.74, 6) is -0.844. The Balaban J connectivity index is 4.27. The van der Waals surface area contributed by atoms with Crippen molar-refractivity contribution in [2.24, 2.45) is 0 Å². The van der Waals surface area contributed by atoms with Gasteiger partial charge in [-0.1, -0.05) is 334 Å². The first-order valence-electron chi connectivity index (χ1n) is 35.3. The molecule has 0 bridgehead atoms. The van der Waals surface area contributed by atoms with Crippen molar-refractivity contribution in [3.05, 3.63) is 24.3 Å². The van der Waals surface area contributed by atoms with Crippen molar-refractivity contribution < 1.29 is 28.6 Å². The van der Waals surface area contributed by atoms with Crippen molar-refractivity contribution in [1.82, 2.24) is 0 Å². The Morgan fingerprint density at radius 2 is 0.423 bits per heavy atom. The standard InChI is InChI=1S/C72H136O6/c1-4-7-10-13-16-19-22-25-28-31-33-34-35-36-37-38-40-41-44-47-50-53-56-59-62-65-71(74)77-68-69(67-76-70(73)64-61-58-55-52-49-46-43-30-27-24-21-18-15-12-9-6-3)78-72(75)66-63-60-57-54-51-48-45-42-39-32-29-26-23-20-17-14-11-8-5-2/h30-31,33,43,69H,4-29,32,34-42,44-68H2,1-3H3/b33-31-,43-30-. The van der Waals surface area contributed by atoms with Crippen molar-refractivity contribution in [2.75, 3.05) is 13.2 Å². The number of esters is 3. The van der Waals surface area contributed by atoms with Gasteiger partial charge in [-0.2, -0.15) is 0 Å². The van der Waals surface area contributed by atoms with Crippen LogP contribution >= 0.6 is 0 Å². The number of carbonyl (C=O) groups is 3. The van der Waals surface area contributed by atoms with Crippen LogP contribution < -0.4 is 0 Å². The molecular weight excluding hydrogens is 961 g/mol. The van der Waals surface area contributed by atoms with Crippen LogP contribution in [0.15, 0.2) is 24.3 Å². The summed E-state index contributed by atoms with van der Waals surface area (Å²) in [5, 5.41) is 0. The van der Waals surface area contributed by atoms with Gasteiger partial charge in [0.25, 0.3) is 0 Å². The molecule has 0 aromatic rings. The van der Waals surface area contributed by atoms with Gasteiger partial charge in [-0.05, 0) is 70.6 Å². The van der Waals surface area contributed by atoms with Crippen LogP contribution in [0.5, 0.6) is 0 Å². The molecule has 0 heterocycles. The van der Waals surface area contributed by atoms with Gasteiger partial charge in [0.05, 0.1) is 0 Å². The third kappa shape index (κ3) is 64.7. The molecule has 78 heavy (non-hydrogen) atoms. The molecular formula is C72H136O6. The van der Waals surface area contributed by atoms with E-state index in [0.717, 1.165) is 64.2 Å². The van der Waals surface area contributed by atoms with Crippen LogP contribution in [0, 0.1) is 0 Å². The van der Waals surface area contributed by atoms with E-state index >= 15 is 0 Å². The van der Waals surface area contributed by atoms with E-state index in [4.69, 9.17) is 14.2 Å². The molecule has 0 amide bonds. The molecule has 0 fully saturated rings. The van der Waals surface area contributed by atoms with Crippen LogP contribution in [0.25, 0.3) is 0 Å². The Labute approximate surface area is 487 Å². The van der Waals surface area contributed by atoms with Crippen molar-refractivity contribution >= 4 is 17.9 Å². The summed E-state index contributed by atoms with van der Waals surface area (Å²) < 4.78 is 17.0. The number of allylic oxidation sites excluding steroid dienone is 4. The molecule has 0 radical (unpaired) electrons. The molecule has 460 valence electrons. The highest BCUT2D eigenvalue weighted by atomic mass is 16.6. The predicted molar refractivity (Wildman–Crippen MR) is 340 cm³/mol. The minimum Gasteiger partial charge on any atom is -0.462 e. The topological polar surface area (TPSA) is 78.9 Å². The number of hydrogen-bond donors (Lipinski definition) is 0. The van der Waals surface area contributed by atoms with Crippen LogP contribution in [0.3, 0.4) is 0 Å². The summed E-state index contributed by atoms with van der Waals surface area (Å²) in [6.07, 6.45) is 82.0. The largest absolute Gasteiger partial charge is 0.462 e. The third-order valence-corrected chi connectivity index (χ3v) is 16.2. The third-order valence-electron chi connectivity index (χ3n) is 16.2. The maximum Gasteiger partial charge on any atom is 0.306 e. The molecule has 0 aliphatic carbocycles. The molecule has 6 nitrogen and oxygen atoms in total. The monoisotopic (exact) mass is 1100 g/mol. The molecule has 0 saturated heterocycles. The molecule has 1 unspecified atom stereocenters. The van der Waals surface area contributed by atoms with E-state index in [1.807, 2.05) is 0 Å². The lowest BCUT2D eigenvalue weighted by molar-refractivity contribution is -0.167. The minimum absolute atomic E-state index is 0.0681. The van der Waals surface area contributed by atoms with Gasteiger partial charge in [0.1, 0.15) is 13.2 Å². The zero-order valence-corrected chi connectivity index (χ0v) is 53.0. The first kappa shape index (κ1) is 75.9. The van der Waals surface area contributed by atoms with E-state index in [1.54, 1.807) is 0 Å². The Kier molecular flexibility index (Phi) is 65.6. The average molecular weight is 1100 g/mol. The average Bonchev–Trinajstić information content (AvgIpc) is 3.44. The Morgan fingerprint density at radius 1 is 0.244 bits per heavy atom. The Morgan fingerprint density at radius 3 is 0.641 bits per heavy atom. The normalized spacial score (nSPS) is 12.1. The fraction of sp³-hybridized carbons (Fsp3) is 0.903. The predicted octanol–water partition coefficient (Wildman–Crippen LogP) is 24.2. The molecule has 0 aliphatic rings. The van der Waals surface area contributed by atoms with Crippen molar-refractivity contribution in [1.29, 1.82) is 0 Å². The summed E-state index contributed by atoms with van der Waals surface area (Å²) in [6, 6.07) is 0. The zero-order chi connectivity index (χ0) is 56.4. The number of carbonyl (C=O) groups excluding carboxylic acids is 3. The smallest absolute Gasteiger partial charge is 0.306 e. The van der Waals surface area contributed by atoms with Gasteiger partial charge < -0.3 is 14.2 Å². The van der Waals surface area contributed by atoms with Crippen molar-refractivity contribution in [3.8, 4) is 0 Å². The molecule has 0 aromatic carbocycles. The maximum atomic E-state index is 12.9. The van der Waals surface area contributed by atoms with Crippen LogP contribution in [-0.4, -0.2) is 37.2 Å². The Bertz CT molecular complexity index is 1260. The minimum atomic E-state index is -0.772. The van der Waals surface area contributed by atoms with Gasteiger partial charge in [-0.15, -0.1) is 0 Å². The number of hydrogen-bond acceptors (Lipinski definition) is 6. The molecule has 0 rings (SSSR count). The summed E-state index contributed by atoms with van der Waals surface area (Å²) in [4.78, 5) is 38.4. The lowest BCUT2D eigenvalue weighted by atomic mass is 10.0. The maximum absolute atomic E-state index is 12.9. The zero-order valence-electron chi connectivity index (χ0n) is 53.0. The summed E-state index contributed by atoms with van der Waals surface area (Å²) >= 11 is 0. The lowest BCUT2D eigenvalue weighted by Gasteiger charge is -2.18. The first-order valence-corrected chi connectivity index (χ1v) is 35.3. The Hall–Kier alpha value is -2.11. The van der Waals surface area contributed by atoms with E-state index in [0.29, 0.717) is 19.3 Å². The molecule has 6 heteroatoms. The highest BCUT2D eigenvalue weighted by Gasteiger charge is 2.19. The van der Waals surface area contributed by atoms with Gasteiger partial charge >= 0.3 is 17.9 Å². The highest BCUT2D eigenvalue weighted by Crippen LogP contribution is 2.18. The second-order valence-electron chi connectivity index (χ2n) is 24.1.